The first-order valence-corrected chi connectivity index (χ1v) is 6.84. The van der Waals surface area contributed by atoms with Gasteiger partial charge in [-0.05, 0) is 31.0 Å². The van der Waals surface area contributed by atoms with E-state index < -0.39 is 10.0 Å². The molecule has 0 atom stereocenters. The highest BCUT2D eigenvalue weighted by molar-refractivity contribution is 7.89. The summed E-state index contributed by atoms with van der Waals surface area (Å²) in [5.74, 6) is 0.00765. The fraction of sp³-hybridized carbons (Fsp3) is 0.250. The van der Waals surface area contributed by atoms with Crippen LogP contribution in [0, 0.1) is 0 Å². The minimum atomic E-state index is -3.43. The van der Waals surface area contributed by atoms with E-state index in [-0.39, 0.29) is 11.6 Å². The molecule has 17 heavy (non-hydrogen) atoms. The van der Waals surface area contributed by atoms with Crippen molar-refractivity contribution < 1.29 is 8.42 Å². The van der Waals surface area contributed by atoms with E-state index in [0.717, 1.165) is 11.1 Å². The van der Waals surface area contributed by atoms with E-state index in [9.17, 15) is 8.42 Å². The lowest BCUT2D eigenvalue weighted by molar-refractivity contribution is 0.596. The Kier molecular flexibility index (Phi) is 2.79. The van der Waals surface area contributed by atoms with Crippen molar-refractivity contribution in [3.63, 3.8) is 0 Å². The van der Waals surface area contributed by atoms with Gasteiger partial charge in [0.05, 0.1) is 5.75 Å². The van der Waals surface area contributed by atoms with Crippen LogP contribution in [0.5, 0.6) is 0 Å². The molecule has 2 N–H and O–H groups in total. The summed E-state index contributed by atoms with van der Waals surface area (Å²) in [7, 11) is -3.43. The van der Waals surface area contributed by atoms with Gasteiger partial charge in [0.15, 0.2) is 0 Å². The Morgan fingerprint density at radius 3 is 2.76 bits per heavy atom. The molecule has 90 valence electrons. The molecule has 1 aromatic rings. The molecule has 1 aromatic carbocycles. The summed E-state index contributed by atoms with van der Waals surface area (Å²) in [4.78, 5) is 0. The Morgan fingerprint density at radius 2 is 2.12 bits per heavy atom. The third kappa shape index (κ3) is 2.55. The summed E-state index contributed by atoms with van der Waals surface area (Å²) in [5, 5.41) is 0. The molecular formula is C12H14N2O2S. The van der Waals surface area contributed by atoms with Crippen molar-refractivity contribution >= 4 is 21.9 Å². The molecule has 0 fully saturated rings. The molecule has 5 heteroatoms. The van der Waals surface area contributed by atoms with Crippen LogP contribution in [0.15, 0.2) is 28.2 Å². The van der Waals surface area contributed by atoms with E-state index in [1.165, 1.54) is 5.57 Å². The van der Waals surface area contributed by atoms with Gasteiger partial charge in [0.1, 0.15) is 5.84 Å². The van der Waals surface area contributed by atoms with E-state index in [0.29, 0.717) is 5.56 Å². The Morgan fingerprint density at radius 1 is 1.41 bits per heavy atom. The zero-order chi connectivity index (χ0) is 12.6. The van der Waals surface area contributed by atoms with Gasteiger partial charge < -0.3 is 5.73 Å². The average Bonchev–Trinajstić information content (AvgIpc) is 2.16. The fourth-order valence-corrected chi connectivity index (χ4v) is 2.92. The fourth-order valence-electron chi connectivity index (χ4n) is 1.81. The number of allylic oxidation sites excluding steroid dienone is 1. The number of fused-ring (bicyclic) bond motifs is 1. The molecule has 0 radical (unpaired) electrons. The lowest BCUT2D eigenvalue weighted by Crippen LogP contribution is -2.23. The summed E-state index contributed by atoms with van der Waals surface area (Å²) in [6.07, 6.45) is 2.01. The summed E-state index contributed by atoms with van der Waals surface area (Å²) >= 11 is 0. The number of sulfonamides is 1. The Bertz CT molecular complexity index is 624. The molecule has 0 aliphatic carbocycles. The predicted octanol–water partition coefficient (Wildman–Crippen LogP) is 1.66. The van der Waals surface area contributed by atoms with Crippen molar-refractivity contribution in [3.8, 4) is 0 Å². The molecule has 0 saturated carbocycles. The molecule has 4 nitrogen and oxygen atoms in total. The van der Waals surface area contributed by atoms with Crippen LogP contribution < -0.4 is 5.73 Å². The molecule has 0 amide bonds. The first-order chi connectivity index (χ1) is 7.87. The molecule has 0 spiro atoms. The van der Waals surface area contributed by atoms with Gasteiger partial charge in [-0.1, -0.05) is 23.8 Å². The minimum absolute atomic E-state index is 0.0713. The van der Waals surface area contributed by atoms with Crippen LogP contribution in [0.1, 0.15) is 30.5 Å². The normalized spacial score (nSPS) is 16.9. The van der Waals surface area contributed by atoms with Crippen LogP contribution in [0.4, 0.5) is 0 Å². The van der Waals surface area contributed by atoms with Crippen molar-refractivity contribution in [1.29, 1.82) is 0 Å². The van der Waals surface area contributed by atoms with Crippen molar-refractivity contribution in [2.75, 3.05) is 0 Å². The smallest absolute Gasteiger partial charge is 0.259 e. The Labute approximate surface area is 101 Å². The Hall–Kier alpha value is -1.62. The van der Waals surface area contributed by atoms with Gasteiger partial charge in [-0.2, -0.15) is 0 Å². The van der Waals surface area contributed by atoms with Crippen LogP contribution in [0.2, 0.25) is 0 Å². The Balaban J connectivity index is 2.56. The highest BCUT2D eigenvalue weighted by Gasteiger charge is 2.21. The third-order valence-corrected chi connectivity index (χ3v) is 3.59. The van der Waals surface area contributed by atoms with Crippen LogP contribution >= 0.6 is 0 Å². The van der Waals surface area contributed by atoms with Crippen LogP contribution in [0.3, 0.4) is 0 Å². The number of hydrogen-bond acceptors (Lipinski definition) is 3. The van der Waals surface area contributed by atoms with E-state index in [2.05, 4.69) is 4.40 Å². The zero-order valence-electron chi connectivity index (χ0n) is 9.77. The zero-order valence-corrected chi connectivity index (χ0v) is 10.6. The SMILES string of the molecule is CC(C)=Cc1ccc2c(c1)C(N)=NS(=O)(=O)C2. The molecule has 1 heterocycles. The molecule has 0 bridgehead atoms. The van der Waals surface area contributed by atoms with Gasteiger partial charge in [-0.15, -0.1) is 4.40 Å². The topological polar surface area (TPSA) is 72.5 Å². The summed E-state index contributed by atoms with van der Waals surface area (Å²) < 4.78 is 26.3. The maximum absolute atomic E-state index is 11.4. The minimum Gasteiger partial charge on any atom is -0.383 e. The maximum Gasteiger partial charge on any atom is 0.259 e. The number of benzene rings is 1. The molecule has 0 unspecified atom stereocenters. The van der Waals surface area contributed by atoms with Crippen LogP contribution in [-0.4, -0.2) is 14.3 Å². The van der Waals surface area contributed by atoms with E-state index in [4.69, 9.17) is 5.73 Å². The number of nitrogens with two attached hydrogens (primary N) is 1. The molecule has 0 saturated heterocycles. The quantitative estimate of drug-likeness (QED) is 0.823. The molecular weight excluding hydrogens is 236 g/mol. The van der Waals surface area contributed by atoms with E-state index >= 15 is 0 Å². The van der Waals surface area contributed by atoms with Crippen LogP contribution in [0.25, 0.3) is 6.08 Å². The highest BCUT2D eigenvalue weighted by atomic mass is 32.2. The number of amidine groups is 1. The lowest BCUT2D eigenvalue weighted by atomic mass is 10.0. The number of nitrogens with zero attached hydrogens (tertiary/aromatic N) is 1. The molecule has 2 rings (SSSR count). The van der Waals surface area contributed by atoms with Gasteiger partial charge in [0.25, 0.3) is 10.0 Å². The molecule has 1 aliphatic rings. The number of hydrogen-bond donors (Lipinski definition) is 1. The van der Waals surface area contributed by atoms with Gasteiger partial charge >= 0.3 is 0 Å². The lowest BCUT2D eigenvalue weighted by Gasteiger charge is -2.14. The first-order valence-electron chi connectivity index (χ1n) is 5.24. The standard InChI is InChI=1S/C12H14N2O2S/c1-8(2)5-9-3-4-10-7-17(15,16)14-12(13)11(10)6-9/h3-6H,7H2,1-2H3,(H2,13,14). The van der Waals surface area contributed by atoms with Crippen LogP contribution in [-0.2, 0) is 15.8 Å². The number of rotatable bonds is 1. The first kappa shape index (κ1) is 11.9. The average molecular weight is 250 g/mol. The molecule has 1 aliphatic heterocycles. The van der Waals surface area contributed by atoms with Crippen molar-refractivity contribution in [2.45, 2.75) is 19.6 Å². The van der Waals surface area contributed by atoms with Crippen molar-refractivity contribution in [1.82, 2.24) is 0 Å². The molecule has 0 aromatic heterocycles. The van der Waals surface area contributed by atoms with Crippen molar-refractivity contribution in [3.05, 3.63) is 40.5 Å². The van der Waals surface area contributed by atoms with Gasteiger partial charge in [0, 0.05) is 5.56 Å². The highest BCUT2D eigenvalue weighted by Crippen LogP contribution is 2.21. The van der Waals surface area contributed by atoms with E-state index in [1.54, 1.807) is 6.07 Å². The second-order valence-corrected chi connectivity index (χ2v) is 5.98. The van der Waals surface area contributed by atoms with Gasteiger partial charge in [-0.3, -0.25) is 0 Å². The third-order valence-electron chi connectivity index (χ3n) is 2.44. The van der Waals surface area contributed by atoms with Crippen molar-refractivity contribution in [2.24, 2.45) is 10.1 Å². The maximum atomic E-state index is 11.4. The van der Waals surface area contributed by atoms with E-state index in [1.807, 2.05) is 32.1 Å². The largest absolute Gasteiger partial charge is 0.383 e. The monoisotopic (exact) mass is 250 g/mol. The second kappa shape index (κ2) is 4.00. The van der Waals surface area contributed by atoms with Gasteiger partial charge in [0.2, 0.25) is 0 Å². The second-order valence-electron chi connectivity index (χ2n) is 4.34. The van der Waals surface area contributed by atoms with Gasteiger partial charge in [-0.25, -0.2) is 8.42 Å². The summed E-state index contributed by atoms with van der Waals surface area (Å²) in [6.45, 7) is 4.00. The predicted molar refractivity (Wildman–Crippen MR) is 69.1 cm³/mol. The summed E-state index contributed by atoms with van der Waals surface area (Å²) in [5.41, 5.74) is 9.27. The summed E-state index contributed by atoms with van der Waals surface area (Å²) in [6, 6.07) is 5.55.